The molecule has 0 fully saturated rings. The van der Waals surface area contributed by atoms with E-state index in [1.165, 1.54) is 6.33 Å². The minimum absolute atomic E-state index is 0.0546. The molecular formula is C11H17ClN4O2. The van der Waals surface area contributed by atoms with E-state index in [0.29, 0.717) is 12.5 Å². The molecule has 0 bridgehead atoms. The van der Waals surface area contributed by atoms with Crippen molar-refractivity contribution in [3.05, 3.63) is 21.7 Å². The molecule has 3 N–H and O–H groups in total. The number of aromatic nitrogens is 2. The molecule has 1 atom stereocenters. The highest BCUT2D eigenvalue weighted by Crippen LogP contribution is 2.13. The number of carbonyl (C=O) groups excluding carboxylic acids is 1. The fraction of sp³-hybridized carbons (Fsp3) is 0.545. The van der Waals surface area contributed by atoms with Gasteiger partial charge in [0.15, 0.2) is 5.82 Å². The maximum absolute atomic E-state index is 11.7. The first-order valence-electron chi connectivity index (χ1n) is 5.69. The minimum Gasteiger partial charge on any atom is -0.357 e. The van der Waals surface area contributed by atoms with E-state index in [2.05, 4.69) is 20.6 Å². The Morgan fingerprint density at radius 2 is 2.17 bits per heavy atom. The molecule has 1 rings (SSSR count). The van der Waals surface area contributed by atoms with Gasteiger partial charge >= 0.3 is 0 Å². The lowest BCUT2D eigenvalue weighted by Gasteiger charge is -2.15. The van der Waals surface area contributed by atoms with E-state index in [4.69, 9.17) is 11.6 Å². The standard InChI is InChI=1S/C11H17ClN4O2/c1-6(2)4-13-10(17)7(3)16-9-8(12)11(18)15-5-14-9/h5-7H,4H2,1-3H3,(H,13,17)(H2,14,15,16,18). The van der Waals surface area contributed by atoms with Gasteiger partial charge in [-0.25, -0.2) is 4.98 Å². The number of hydrogen-bond acceptors (Lipinski definition) is 4. The van der Waals surface area contributed by atoms with Crippen LogP contribution in [0.1, 0.15) is 20.8 Å². The molecular weight excluding hydrogens is 256 g/mol. The number of rotatable bonds is 5. The summed E-state index contributed by atoms with van der Waals surface area (Å²) in [4.78, 5) is 29.2. The summed E-state index contributed by atoms with van der Waals surface area (Å²) in [6.45, 7) is 6.29. The van der Waals surface area contributed by atoms with Gasteiger partial charge in [-0.2, -0.15) is 0 Å². The number of carbonyl (C=O) groups is 1. The van der Waals surface area contributed by atoms with E-state index in [1.807, 2.05) is 13.8 Å². The van der Waals surface area contributed by atoms with Crippen molar-refractivity contribution < 1.29 is 4.79 Å². The molecule has 0 saturated carbocycles. The second-order valence-electron chi connectivity index (χ2n) is 4.40. The van der Waals surface area contributed by atoms with Crippen LogP contribution in [0, 0.1) is 5.92 Å². The minimum atomic E-state index is -0.518. The topological polar surface area (TPSA) is 86.9 Å². The largest absolute Gasteiger partial charge is 0.357 e. The fourth-order valence-corrected chi connectivity index (χ4v) is 1.37. The Morgan fingerprint density at radius 1 is 1.50 bits per heavy atom. The molecule has 0 aliphatic rings. The van der Waals surface area contributed by atoms with E-state index in [0.717, 1.165) is 0 Å². The molecule has 7 heteroatoms. The van der Waals surface area contributed by atoms with Gasteiger partial charge in [-0.1, -0.05) is 25.4 Å². The predicted octanol–water partition coefficient (Wildman–Crippen LogP) is 0.996. The average Bonchev–Trinajstić information content (AvgIpc) is 2.31. The summed E-state index contributed by atoms with van der Waals surface area (Å²) in [5, 5.41) is 5.52. The number of nitrogens with one attached hydrogen (secondary N) is 3. The van der Waals surface area contributed by atoms with Crippen molar-refractivity contribution in [3.8, 4) is 0 Å². The van der Waals surface area contributed by atoms with Crippen molar-refractivity contribution in [3.63, 3.8) is 0 Å². The van der Waals surface area contributed by atoms with Crippen LogP contribution in [0.3, 0.4) is 0 Å². The summed E-state index contributed by atoms with van der Waals surface area (Å²) in [5.41, 5.74) is -0.441. The zero-order valence-corrected chi connectivity index (χ0v) is 11.3. The maximum Gasteiger partial charge on any atom is 0.271 e. The first-order valence-corrected chi connectivity index (χ1v) is 6.07. The van der Waals surface area contributed by atoms with Crippen LogP contribution < -0.4 is 16.2 Å². The van der Waals surface area contributed by atoms with Gasteiger partial charge in [0.1, 0.15) is 11.1 Å². The lowest BCUT2D eigenvalue weighted by molar-refractivity contribution is -0.121. The van der Waals surface area contributed by atoms with Gasteiger partial charge in [-0.05, 0) is 12.8 Å². The lowest BCUT2D eigenvalue weighted by atomic mass is 10.2. The van der Waals surface area contributed by atoms with Crippen LogP contribution in [0.2, 0.25) is 5.02 Å². The molecule has 0 radical (unpaired) electrons. The van der Waals surface area contributed by atoms with Crippen molar-refractivity contribution >= 4 is 23.3 Å². The molecule has 1 aromatic heterocycles. The Bertz CT molecular complexity index is 472. The molecule has 1 amide bonds. The van der Waals surface area contributed by atoms with Crippen LogP contribution in [-0.2, 0) is 4.79 Å². The third-order valence-corrected chi connectivity index (χ3v) is 2.58. The Kier molecular flexibility index (Phi) is 5.15. The highest BCUT2D eigenvalue weighted by molar-refractivity contribution is 6.32. The second kappa shape index (κ2) is 6.39. The number of anilines is 1. The van der Waals surface area contributed by atoms with Gasteiger partial charge in [-0.3, -0.25) is 9.59 Å². The molecule has 0 saturated heterocycles. The number of halogens is 1. The third kappa shape index (κ3) is 4.03. The van der Waals surface area contributed by atoms with Crippen LogP contribution in [0.5, 0.6) is 0 Å². The van der Waals surface area contributed by atoms with Gasteiger partial charge < -0.3 is 15.6 Å². The van der Waals surface area contributed by atoms with Gasteiger partial charge in [-0.15, -0.1) is 0 Å². The van der Waals surface area contributed by atoms with Crippen LogP contribution in [0.4, 0.5) is 5.82 Å². The van der Waals surface area contributed by atoms with Crippen LogP contribution >= 0.6 is 11.6 Å². The predicted molar refractivity (Wildman–Crippen MR) is 70.8 cm³/mol. The molecule has 18 heavy (non-hydrogen) atoms. The van der Waals surface area contributed by atoms with Crippen LogP contribution in [-0.4, -0.2) is 28.5 Å². The van der Waals surface area contributed by atoms with E-state index in [-0.39, 0.29) is 16.7 Å². The lowest BCUT2D eigenvalue weighted by Crippen LogP contribution is -2.39. The van der Waals surface area contributed by atoms with Gasteiger partial charge in [0.2, 0.25) is 5.91 Å². The number of nitrogens with zero attached hydrogens (tertiary/aromatic N) is 1. The summed E-state index contributed by atoms with van der Waals surface area (Å²) in [6.07, 6.45) is 1.23. The van der Waals surface area contributed by atoms with Gasteiger partial charge in [0.05, 0.1) is 6.33 Å². The summed E-state index contributed by atoms with van der Waals surface area (Å²) >= 11 is 5.77. The Morgan fingerprint density at radius 3 is 2.78 bits per heavy atom. The van der Waals surface area contributed by atoms with Gasteiger partial charge in [0.25, 0.3) is 5.56 Å². The second-order valence-corrected chi connectivity index (χ2v) is 4.78. The quantitative estimate of drug-likeness (QED) is 0.746. The Balaban J connectivity index is 2.64. The van der Waals surface area contributed by atoms with E-state index >= 15 is 0 Å². The molecule has 0 aliphatic carbocycles. The molecule has 6 nitrogen and oxygen atoms in total. The summed E-state index contributed by atoms with van der Waals surface area (Å²) in [6, 6.07) is -0.518. The van der Waals surface area contributed by atoms with Crippen molar-refractivity contribution in [2.45, 2.75) is 26.8 Å². The Hall–Kier alpha value is -1.56. The average molecular weight is 273 g/mol. The van der Waals surface area contributed by atoms with E-state index in [1.54, 1.807) is 6.92 Å². The molecule has 1 unspecified atom stereocenters. The van der Waals surface area contributed by atoms with Crippen LogP contribution in [0.15, 0.2) is 11.1 Å². The van der Waals surface area contributed by atoms with Crippen molar-refractivity contribution in [1.82, 2.24) is 15.3 Å². The number of aromatic amines is 1. The molecule has 0 spiro atoms. The summed E-state index contributed by atoms with van der Waals surface area (Å²) in [5.74, 6) is 0.414. The van der Waals surface area contributed by atoms with Crippen LogP contribution in [0.25, 0.3) is 0 Å². The first kappa shape index (κ1) is 14.5. The van der Waals surface area contributed by atoms with Crippen molar-refractivity contribution in [2.24, 2.45) is 5.92 Å². The molecule has 100 valence electrons. The van der Waals surface area contributed by atoms with Crippen molar-refractivity contribution in [1.29, 1.82) is 0 Å². The summed E-state index contributed by atoms with van der Waals surface area (Å²) in [7, 11) is 0. The van der Waals surface area contributed by atoms with Crippen molar-refractivity contribution in [2.75, 3.05) is 11.9 Å². The smallest absolute Gasteiger partial charge is 0.271 e. The molecule has 1 aromatic rings. The van der Waals surface area contributed by atoms with E-state index in [9.17, 15) is 9.59 Å². The zero-order valence-electron chi connectivity index (χ0n) is 10.6. The SMILES string of the molecule is CC(C)CNC(=O)C(C)Nc1nc[nH]c(=O)c1Cl. The number of amides is 1. The maximum atomic E-state index is 11.7. The summed E-state index contributed by atoms with van der Waals surface area (Å²) < 4.78 is 0. The zero-order chi connectivity index (χ0) is 13.7. The third-order valence-electron chi connectivity index (χ3n) is 2.23. The number of H-pyrrole nitrogens is 1. The molecule has 0 aromatic carbocycles. The Labute approximate surface area is 110 Å². The number of hydrogen-bond donors (Lipinski definition) is 3. The monoisotopic (exact) mass is 272 g/mol. The molecule has 0 aliphatic heterocycles. The first-order chi connectivity index (χ1) is 8.41. The fourth-order valence-electron chi connectivity index (χ4n) is 1.21. The highest BCUT2D eigenvalue weighted by atomic mass is 35.5. The van der Waals surface area contributed by atoms with E-state index < -0.39 is 11.6 Å². The highest BCUT2D eigenvalue weighted by Gasteiger charge is 2.15. The normalized spacial score (nSPS) is 12.3. The van der Waals surface area contributed by atoms with Gasteiger partial charge in [0, 0.05) is 6.54 Å². The molecule has 1 heterocycles.